The van der Waals surface area contributed by atoms with Crippen molar-refractivity contribution >= 4 is 5.91 Å². The molecule has 0 saturated heterocycles. The van der Waals surface area contributed by atoms with Gasteiger partial charge in [0.2, 0.25) is 0 Å². The molecule has 25 heavy (non-hydrogen) atoms. The van der Waals surface area contributed by atoms with Gasteiger partial charge in [0.05, 0.1) is 18.9 Å². The van der Waals surface area contributed by atoms with Crippen molar-refractivity contribution in [1.82, 2.24) is 19.9 Å². The molecule has 1 aromatic carbocycles. The first-order valence-corrected chi connectivity index (χ1v) is 7.96. The summed E-state index contributed by atoms with van der Waals surface area (Å²) < 4.78 is 7.22. The number of aryl methyl sites for hydroxylation is 2. The maximum Gasteiger partial charge on any atom is 0.255 e. The number of amides is 1. The fourth-order valence-electron chi connectivity index (χ4n) is 2.59. The molecule has 0 aliphatic rings. The number of benzene rings is 1. The molecular weight excluding hydrogens is 316 g/mol. The van der Waals surface area contributed by atoms with E-state index in [0.29, 0.717) is 17.9 Å². The van der Waals surface area contributed by atoms with Crippen LogP contribution >= 0.6 is 0 Å². The van der Waals surface area contributed by atoms with Crippen molar-refractivity contribution in [3.05, 3.63) is 71.6 Å². The average Bonchev–Trinajstić information content (AvgIpc) is 3.06. The van der Waals surface area contributed by atoms with E-state index in [4.69, 9.17) is 4.74 Å². The second-order valence-corrected chi connectivity index (χ2v) is 5.72. The number of pyridine rings is 1. The molecule has 0 radical (unpaired) electrons. The third-order valence-corrected chi connectivity index (χ3v) is 3.96. The molecule has 0 aliphatic heterocycles. The van der Waals surface area contributed by atoms with Crippen molar-refractivity contribution in [2.45, 2.75) is 20.4 Å². The highest BCUT2D eigenvalue weighted by molar-refractivity contribution is 5.96. The lowest BCUT2D eigenvalue weighted by molar-refractivity contribution is 0.0947. The van der Waals surface area contributed by atoms with E-state index in [1.807, 2.05) is 48.9 Å². The number of imidazole rings is 1. The summed E-state index contributed by atoms with van der Waals surface area (Å²) in [7, 11) is 1.53. The minimum atomic E-state index is -0.183. The quantitative estimate of drug-likeness (QED) is 0.778. The molecule has 1 amide bonds. The largest absolute Gasteiger partial charge is 0.494 e. The van der Waals surface area contributed by atoms with Gasteiger partial charge in [-0.3, -0.25) is 9.78 Å². The molecule has 0 atom stereocenters. The summed E-state index contributed by atoms with van der Waals surface area (Å²) in [5.41, 5.74) is 3.31. The van der Waals surface area contributed by atoms with Crippen molar-refractivity contribution < 1.29 is 9.53 Å². The Labute approximate surface area is 146 Å². The number of aromatic nitrogens is 3. The monoisotopic (exact) mass is 336 g/mol. The predicted molar refractivity (Wildman–Crippen MR) is 95.0 cm³/mol. The molecule has 0 bridgehead atoms. The molecule has 0 spiro atoms. The van der Waals surface area contributed by atoms with Crippen LogP contribution in [0.2, 0.25) is 0 Å². The number of nitrogens with one attached hydrogen (secondary N) is 1. The van der Waals surface area contributed by atoms with Gasteiger partial charge >= 0.3 is 0 Å². The van der Waals surface area contributed by atoms with Crippen LogP contribution in [0.25, 0.3) is 5.69 Å². The van der Waals surface area contributed by atoms with Gasteiger partial charge in [-0.15, -0.1) is 0 Å². The number of hydrogen-bond acceptors (Lipinski definition) is 4. The topological polar surface area (TPSA) is 69.0 Å². The number of carbonyl (C=O) groups excluding carboxylic acids is 1. The van der Waals surface area contributed by atoms with Crippen LogP contribution in [0, 0.1) is 13.8 Å². The van der Waals surface area contributed by atoms with Crippen LogP contribution in [-0.2, 0) is 6.54 Å². The standard InChI is InChI=1S/C19H20N4O2/c1-13-10-17(18(25-3)12-21-13)19(24)22-11-15-4-6-16(7-5-15)23-9-8-20-14(23)2/h4-10,12H,11H2,1-3H3,(H,22,24). The first-order chi connectivity index (χ1) is 12.1. The zero-order valence-electron chi connectivity index (χ0n) is 14.5. The molecule has 1 N–H and O–H groups in total. The number of rotatable bonds is 5. The number of ether oxygens (including phenoxy) is 1. The molecule has 0 fully saturated rings. The van der Waals surface area contributed by atoms with E-state index in [2.05, 4.69) is 15.3 Å². The Balaban J connectivity index is 1.69. The summed E-state index contributed by atoms with van der Waals surface area (Å²) in [6.45, 7) is 4.23. The summed E-state index contributed by atoms with van der Waals surface area (Å²) in [6, 6.07) is 9.72. The maximum atomic E-state index is 12.4. The average molecular weight is 336 g/mol. The van der Waals surface area contributed by atoms with E-state index in [1.54, 1.807) is 18.5 Å². The lowest BCUT2D eigenvalue weighted by Crippen LogP contribution is -2.23. The van der Waals surface area contributed by atoms with Crippen LogP contribution in [-0.4, -0.2) is 27.6 Å². The number of hydrogen-bond donors (Lipinski definition) is 1. The van der Waals surface area contributed by atoms with Crippen LogP contribution < -0.4 is 10.1 Å². The Bertz CT molecular complexity index is 885. The molecule has 3 rings (SSSR count). The second-order valence-electron chi connectivity index (χ2n) is 5.72. The Kier molecular flexibility index (Phi) is 4.79. The fraction of sp³-hybridized carbons (Fsp3) is 0.211. The zero-order chi connectivity index (χ0) is 17.8. The van der Waals surface area contributed by atoms with Crippen molar-refractivity contribution in [2.24, 2.45) is 0 Å². The van der Waals surface area contributed by atoms with Crippen LogP contribution in [0.15, 0.2) is 48.9 Å². The first-order valence-electron chi connectivity index (χ1n) is 7.96. The number of nitrogens with zero attached hydrogens (tertiary/aromatic N) is 3. The Hall–Kier alpha value is -3.15. The van der Waals surface area contributed by atoms with Crippen molar-refractivity contribution in [3.63, 3.8) is 0 Å². The SMILES string of the molecule is COc1cnc(C)cc1C(=O)NCc1ccc(-n2ccnc2C)cc1. The van der Waals surface area contributed by atoms with Gasteiger partial charge in [0.15, 0.2) is 0 Å². The van der Waals surface area contributed by atoms with Crippen LogP contribution in [0.4, 0.5) is 0 Å². The summed E-state index contributed by atoms with van der Waals surface area (Å²) in [5.74, 6) is 1.21. The third-order valence-electron chi connectivity index (χ3n) is 3.96. The smallest absolute Gasteiger partial charge is 0.255 e. The lowest BCUT2D eigenvalue weighted by atomic mass is 10.1. The molecule has 2 aromatic heterocycles. The normalized spacial score (nSPS) is 10.5. The number of carbonyl (C=O) groups is 1. The fourth-order valence-corrected chi connectivity index (χ4v) is 2.59. The van der Waals surface area contributed by atoms with Gasteiger partial charge in [-0.05, 0) is 37.6 Å². The highest BCUT2D eigenvalue weighted by atomic mass is 16.5. The zero-order valence-corrected chi connectivity index (χ0v) is 14.5. The summed E-state index contributed by atoms with van der Waals surface area (Å²) in [4.78, 5) is 20.8. The first kappa shape index (κ1) is 16.7. The summed E-state index contributed by atoms with van der Waals surface area (Å²) in [6.07, 6.45) is 5.25. The van der Waals surface area contributed by atoms with Crippen LogP contribution in [0.5, 0.6) is 5.75 Å². The van der Waals surface area contributed by atoms with Gasteiger partial charge < -0.3 is 14.6 Å². The second kappa shape index (κ2) is 7.17. The van der Waals surface area contributed by atoms with Gasteiger partial charge in [-0.2, -0.15) is 0 Å². The van der Waals surface area contributed by atoms with Crippen LogP contribution in [0.1, 0.15) is 27.4 Å². The predicted octanol–water partition coefficient (Wildman–Crippen LogP) is 2.82. The molecular formula is C19H20N4O2. The van der Waals surface area contributed by atoms with Crippen molar-refractivity contribution in [3.8, 4) is 11.4 Å². The van der Waals surface area contributed by atoms with Gasteiger partial charge in [0, 0.05) is 30.3 Å². The van der Waals surface area contributed by atoms with Gasteiger partial charge in [-0.1, -0.05) is 12.1 Å². The van der Waals surface area contributed by atoms with E-state index in [-0.39, 0.29) is 5.91 Å². The molecule has 2 heterocycles. The van der Waals surface area contributed by atoms with E-state index < -0.39 is 0 Å². The van der Waals surface area contributed by atoms with Crippen molar-refractivity contribution in [2.75, 3.05) is 7.11 Å². The third kappa shape index (κ3) is 3.68. The molecule has 6 heteroatoms. The summed E-state index contributed by atoms with van der Waals surface area (Å²) >= 11 is 0. The van der Waals surface area contributed by atoms with Crippen molar-refractivity contribution in [1.29, 1.82) is 0 Å². The molecule has 6 nitrogen and oxygen atoms in total. The van der Waals surface area contributed by atoms with E-state index >= 15 is 0 Å². The van der Waals surface area contributed by atoms with E-state index in [1.165, 1.54) is 7.11 Å². The molecule has 128 valence electrons. The van der Waals surface area contributed by atoms with Gasteiger partial charge in [0.1, 0.15) is 11.6 Å². The lowest BCUT2D eigenvalue weighted by Gasteiger charge is -2.10. The molecule has 0 saturated carbocycles. The Morgan fingerprint density at radius 2 is 1.96 bits per heavy atom. The van der Waals surface area contributed by atoms with E-state index in [9.17, 15) is 4.79 Å². The highest BCUT2D eigenvalue weighted by Crippen LogP contribution is 2.18. The molecule has 3 aromatic rings. The molecule has 0 unspecified atom stereocenters. The minimum Gasteiger partial charge on any atom is -0.494 e. The summed E-state index contributed by atoms with van der Waals surface area (Å²) in [5, 5.41) is 2.92. The molecule has 0 aliphatic carbocycles. The Morgan fingerprint density at radius 3 is 2.60 bits per heavy atom. The maximum absolute atomic E-state index is 12.4. The highest BCUT2D eigenvalue weighted by Gasteiger charge is 2.13. The minimum absolute atomic E-state index is 0.183. The number of methoxy groups -OCH3 is 1. The van der Waals surface area contributed by atoms with Gasteiger partial charge in [-0.25, -0.2) is 4.98 Å². The van der Waals surface area contributed by atoms with E-state index in [0.717, 1.165) is 22.8 Å². The van der Waals surface area contributed by atoms with Gasteiger partial charge in [0.25, 0.3) is 5.91 Å². The van der Waals surface area contributed by atoms with Crippen LogP contribution in [0.3, 0.4) is 0 Å². The Morgan fingerprint density at radius 1 is 1.20 bits per heavy atom.